The quantitative estimate of drug-likeness (QED) is 0.796. The number of tetrazole rings is 1. The van der Waals surface area contributed by atoms with Crippen molar-refractivity contribution >= 4 is 16.5 Å². The van der Waals surface area contributed by atoms with Gasteiger partial charge in [0.15, 0.2) is 5.13 Å². The number of anilines is 1. The molecule has 0 atom stereocenters. The first kappa shape index (κ1) is 11.5. The molecule has 0 radical (unpaired) electrons. The first-order chi connectivity index (χ1) is 9.88. The zero-order valence-corrected chi connectivity index (χ0v) is 11.4. The highest BCUT2D eigenvalue weighted by atomic mass is 32.1. The number of rotatable bonds is 4. The summed E-state index contributed by atoms with van der Waals surface area (Å²) in [6.45, 7) is 0. The highest BCUT2D eigenvalue weighted by Crippen LogP contribution is 2.30. The third-order valence-corrected chi connectivity index (χ3v) is 3.94. The Morgan fingerprint density at radius 1 is 1.30 bits per heavy atom. The predicted molar refractivity (Wildman–Crippen MR) is 76.9 cm³/mol. The SMILES string of the molecule is c1cc(-c2csc(NC3CC3)n2)cc(-n2cnnn2)c1. The second kappa shape index (κ2) is 4.68. The third-order valence-electron chi connectivity index (χ3n) is 3.16. The number of benzene rings is 1. The van der Waals surface area contributed by atoms with E-state index >= 15 is 0 Å². The van der Waals surface area contributed by atoms with Crippen LogP contribution in [0.15, 0.2) is 36.0 Å². The van der Waals surface area contributed by atoms with Crippen molar-refractivity contribution in [1.29, 1.82) is 0 Å². The van der Waals surface area contributed by atoms with Crippen molar-refractivity contribution < 1.29 is 0 Å². The van der Waals surface area contributed by atoms with E-state index in [1.807, 2.05) is 24.3 Å². The number of nitrogens with zero attached hydrogens (tertiary/aromatic N) is 5. The Bertz CT molecular complexity index is 716. The van der Waals surface area contributed by atoms with Crippen LogP contribution in [0.4, 0.5) is 5.13 Å². The lowest BCUT2D eigenvalue weighted by Crippen LogP contribution is -1.99. The molecule has 2 heterocycles. The summed E-state index contributed by atoms with van der Waals surface area (Å²) in [7, 11) is 0. The monoisotopic (exact) mass is 284 g/mol. The zero-order valence-electron chi connectivity index (χ0n) is 10.6. The Morgan fingerprint density at radius 3 is 3.05 bits per heavy atom. The molecule has 1 N–H and O–H groups in total. The topological polar surface area (TPSA) is 68.5 Å². The summed E-state index contributed by atoms with van der Waals surface area (Å²) in [5.41, 5.74) is 2.98. The summed E-state index contributed by atoms with van der Waals surface area (Å²) < 4.78 is 1.64. The molecule has 3 aromatic rings. The average molecular weight is 284 g/mol. The van der Waals surface area contributed by atoms with Gasteiger partial charge in [-0.05, 0) is 35.4 Å². The minimum Gasteiger partial charge on any atom is -0.359 e. The number of aromatic nitrogens is 5. The second-order valence-corrected chi connectivity index (χ2v) is 5.62. The van der Waals surface area contributed by atoms with Gasteiger partial charge in [0.05, 0.1) is 11.4 Å². The fraction of sp³-hybridized carbons (Fsp3) is 0.231. The molecule has 2 aromatic heterocycles. The molecular formula is C13H12N6S. The Kier molecular flexibility index (Phi) is 2.70. The number of nitrogens with one attached hydrogen (secondary N) is 1. The first-order valence-electron chi connectivity index (χ1n) is 6.44. The van der Waals surface area contributed by atoms with Crippen LogP contribution in [0.25, 0.3) is 16.9 Å². The zero-order chi connectivity index (χ0) is 13.4. The summed E-state index contributed by atoms with van der Waals surface area (Å²) in [5, 5.41) is 17.7. The highest BCUT2D eigenvalue weighted by molar-refractivity contribution is 7.14. The molecule has 7 heteroatoms. The first-order valence-corrected chi connectivity index (χ1v) is 7.32. The lowest BCUT2D eigenvalue weighted by molar-refractivity contribution is 0.789. The Hall–Kier alpha value is -2.28. The van der Waals surface area contributed by atoms with Crippen molar-refractivity contribution in [3.8, 4) is 16.9 Å². The van der Waals surface area contributed by atoms with Crippen LogP contribution in [-0.2, 0) is 0 Å². The fourth-order valence-electron chi connectivity index (χ4n) is 1.96. The highest BCUT2D eigenvalue weighted by Gasteiger charge is 2.22. The van der Waals surface area contributed by atoms with Gasteiger partial charge >= 0.3 is 0 Å². The molecule has 0 bridgehead atoms. The number of thiazole rings is 1. The Morgan fingerprint density at radius 2 is 2.25 bits per heavy atom. The van der Waals surface area contributed by atoms with Gasteiger partial charge < -0.3 is 5.32 Å². The molecule has 0 amide bonds. The lowest BCUT2D eigenvalue weighted by Gasteiger charge is -2.02. The Labute approximate surface area is 119 Å². The third kappa shape index (κ3) is 2.27. The van der Waals surface area contributed by atoms with Crippen molar-refractivity contribution in [2.45, 2.75) is 18.9 Å². The van der Waals surface area contributed by atoms with E-state index in [9.17, 15) is 0 Å². The van der Waals surface area contributed by atoms with Gasteiger partial charge in [0, 0.05) is 17.0 Å². The molecule has 0 spiro atoms. The van der Waals surface area contributed by atoms with Gasteiger partial charge in [-0.25, -0.2) is 9.67 Å². The van der Waals surface area contributed by atoms with Gasteiger partial charge in [-0.1, -0.05) is 12.1 Å². The summed E-state index contributed by atoms with van der Waals surface area (Å²) in [4.78, 5) is 4.63. The number of hydrogen-bond donors (Lipinski definition) is 1. The molecule has 0 unspecified atom stereocenters. The minimum absolute atomic E-state index is 0.626. The fourth-order valence-corrected chi connectivity index (χ4v) is 2.76. The van der Waals surface area contributed by atoms with E-state index in [-0.39, 0.29) is 0 Å². The average Bonchev–Trinajstić information content (AvgIpc) is 2.96. The molecule has 6 nitrogen and oxygen atoms in total. The van der Waals surface area contributed by atoms with Crippen LogP contribution in [0.1, 0.15) is 12.8 Å². The van der Waals surface area contributed by atoms with Gasteiger partial charge in [-0.2, -0.15) is 0 Å². The van der Waals surface area contributed by atoms with Crippen LogP contribution in [-0.4, -0.2) is 31.2 Å². The van der Waals surface area contributed by atoms with Crippen molar-refractivity contribution in [3.63, 3.8) is 0 Å². The van der Waals surface area contributed by atoms with E-state index in [1.54, 1.807) is 22.3 Å². The largest absolute Gasteiger partial charge is 0.359 e. The van der Waals surface area contributed by atoms with Crippen LogP contribution in [0.3, 0.4) is 0 Å². The summed E-state index contributed by atoms with van der Waals surface area (Å²) in [5.74, 6) is 0. The molecule has 4 rings (SSSR count). The summed E-state index contributed by atoms with van der Waals surface area (Å²) in [6.07, 6.45) is 4.09. The maximum Gasteiger partial charge on any atom is 0.183 e. The standard InChI is InChI=1S/C13H12N6S/c1-2-9(6-11(3-1)19-8-14-17-18-19)12-7-20-13(16-12)15-10-4-5-10/h1-3,6-8,10H,4-5H2,(H,15,16). The molecule has 1 fully saturated rings. The van der Waals surface area contributed by atoms with Crippen molar-refractivity contribution in [3.05, 3.63) is 36.0 Å². The van der Waals surface area contributed by atoms with E-state index in [2.05, 4.69) is 31.2 Å². The molecule has 0 aliphatic heterocycles. The molecule has 0 saturated heterocycles. The summed E-state index contributed by atoms with van der Waals surface area (Å²) >= 11 is 1.65. The lowest BCUT2D eigenvalue weighted by atomic mass is 10.1. The van der Waals surface area contributed by atoms with Crippen LogP contribution in [0.5, 0.6) is 0 Å². The minimum atomic E-state index is 0.626. The van der Waals surface area contributed by atoms with E-state index in [1.165, 1.54) is 12.8 Å². The normalized spacial score (nSPS) is 14.4. The molecule has 1 aliphatic carbocycles. The summed E-state index contributed by atoms with van der Waals surface area (Å²) in [6, 6.07) is 8.66. The van der Waals surface area contributed by atoms with Gasteiger partial charge in [0.2, 0.25) is 0 Å². The van der Waals surface area contributed by atoms with E-state index in [4.69, 9.17) is 0 Å². The maximum atomic E-state index is 4.63. The predicted octanol–water partition coefficient (Wildman–Crippen LogP) is 2.36. The molecule has 100 valence electrons. The van der Waals surface area contributed by atoms with Gasteiger partial charge in [0.25, 0.3) is 0 Å². The van der Waals surface area contributed by atoms with Crippen molar-refractivity contribution in [1.82, 2.24) is 25.2 Å². The van der Waals surface area contributed by atoms with E-state index in [0.717, 1.165) is 22.1 Å². The van der Waals surface area contributed by atoms with Gasteiger partial charge in [-0.3, -0.25) is 0 Å². The van der Waals surface area contributed by atoms with Crippen LogP contribution in [0.2, 0.25) is 0 Å². The van der Waals surface area contributed by atoms with E-state index < -0.39 is 0 Å². The second-order valence-electron chi connectivity index (χ2n) is 4.76. The Balaban J connectivity index is 1.64. The number of hydrogen-bond acceptors (Lipinski definition) is 6. The van der Waals surface area contributed by atoms with E-state index in [0.29, 0.717) is 6.04 Å². The van der Waals surface area contributed by atoms with Crippen molar-refractivity contribution in [2.24, 2.45) is 0 Å². The maximum absolute atomic E-state index is 4.63. The molecule has 1 saturated carbocycles. The van der Waals surface area contributed by atoms with Crippen LogP contribution >= 0.6 is 11.3 Å². The van der Waals surface area contributed by atoms with Crippen LogP contribution < -0.4 is 5.32 Å². The van der Waals surface area contributed by atoms with Gasteiger partial charge in [0.1, 0.15) is 6.33 Å². The van der Waals surface area contributed by atoms with Crippen molar-refractivity contribution in [2.75, 3.05) is 5.32 Å². The molecule has 1 aromatic carbocycles. The molecule has 1 aliphatic rings. The van der Waals surface area contributed by atoms with Crippen LogP contribution in [0, 0.1) is 0 Å². The molecular weight excluding hydrogens is 272 g/mol. The smallest absolute Gasteiger partial charge is 0.183 e. The van der Waals surface area contributed by atoms with Gasteiger partial charge in [-0.15, -0.1) is 16.4 Å². The molecule has 20 heavy (non-hydrogen) atoms.